The van der Waals surface area contributed by atoms with E-state index in [1.807, 2.05) is 0 Å². The average Bonchev–Trinajstić information content (AvgIpc) is 0.918. The summed E-state index contributed by atoms with van der Waals surface area (Å²) in [7, 11) is 1.69. The van der Waals surface area contributed by atoms with Gasteiger partial charge in [-0.3, -0.25) is 0 Å². The van der Waals surface area contributed by atoms with Gasteiger partial charge in [0.1, 0.15) is 0 Å². The van der Waals surface area contributed by atoms with Gasteiger partial charge in [0.25, 0.3) is 0 Å². The van der Waals surface area contributed by atoms with E-state index in [0.29, 0.717) is 0 Å². The van der Waals surface area contributed by atoms with Crippen molar-refractivity contribution in [2.45, 2.75) is 0 Å². The predicted octanol–water partition coefficient (Wildman–Crippen LogP) is -3.70. The van der Waals surface area contributed by atoms with Crippen molar-refractivity contribution in [3.63, 3.8) is 0 Å². The van der Waals surface area contributed by atoms with Crippen molar-refractivity contribution in [1.29, 1.82) is 0 Å². The van der Waals surface area contributed by atoms with Gasteiger partial charge in [-0.1, -0.05) is 0 Å². The van der Waals surface area contributed by atoms with Crippen molar-refractivity contribution in [1.82, 2.24) is 0 Å². The summed E-state index contributed by atoms with van der Waals surface area (Å²) in [6.45, 7) is 0. The van der Waals surface area contributed by atoms with Gasteiger partial charge in [0.05, 0.1) is 0 Å². The van der Waals surface area contributed by atoms with Crippen LogP contribution in [0.5, 0.6) is 0 Å². The zero-order valence-electron chi connectivity index (χ0n) is 4.41. The summed E-state index contributed by atoms with van der Waals surface area (Å²) in [5.74, 6) is 0. The van der Waals surface area contributed by atoms with E-state index in [1.165, 1.54) is 0 Å². The SMILES string of the molecule is C[O][AlH2].[H-].[Li+]. The van der Waals surface area contributed by atoms with Crippen molar-refractivity contribution in [3.8, 4) is 0 Å². The second kappa shape index (κ2) is 8.94. The third kappa shape index (κ3) is 11.4. The first-order valence-electron chi connectivity index (χ1n) is 0.816. The molecule has 0 heterocycles. The van der Waals surface area contributed by atoms with Crippen LogP contribution in [0.25, 0.3) is 0 Å². The van der Waals surface area contributed by atoms with Crippen LogP contribution < -0.4 is 18.9 Å². The summed E-state index contributed by atoms with van der Waals surface area (Å²) in [4.78, 5) is 0. The molecule has 0 unspecified atom stereocenters. The third-order valence-corrected chi connectivity index (χ3v) is 0. The molecule has 0 bridgehead atoms. The molecule has 20 valence electrons. The summed E-state index contributed by atoms with van der Waals surface area (Å²) >= 11 is 0.869. The predicted molar refractivity (Wildman–Crippen MR) is 16.7 cm³/mol. The van der Waals surface area contributed by atoms with Gasteiger partial charge in [-0.15, -0.1) is 0 Å². The van der Waals surface area contributed by atoms with Crippen LogP contribution in [0.4, 0.5) is 0 Å². The Morgan fingerprint density at radius 3 is 2.00 bits per heavy atom. The van der Waals surface area contributed by atoms with Gasteiger partial charge in [-0.25, -0.2) is 0 Å². The molecule has 0 fully saturated rings. The van der Waals surface area contributed by atoms with Gasteiger partial charge in [-0.05, 0) is 0 Å². The van der Waals surface area contributed by atoms with E-state index in [1.54, 1.807) is 7.11 Å². The van der Waals surface area contributed by atoms with Crippen molar-refractivity contribution in [2.24, 2.45) is 0 Å². The summed E-state index contributed by atoms with van der Waals surface area (Å²) in [5.41, 5.74) is 0. The van der Waals surface area contributed by atoms with Crippen LogP contribution in [0.2, 0.25) is 0 Å². The molecule has 0 atom stereocenters. The molecule has 0 radical (unpaired) electrons. The van der Waals surface area contributed by atoms with E-state index in [9.17, 15) is 0 Å². The molecule has 0 aromatic heterocycles. The second-order valence-corrected chi connectivity index (χ2v) is 1.22. The molecule has 0 amide bonds. The Kier molecular flexibility index (Phi) is 19.9. The third-order valence-electron chi connectivity index (χ3n) is 0. The quantitative estimate of drug-likeness (QED) is 0.265. The van der Waals surface area contributed by atoms with Gasteiger partial charge >= 0.3 is 35.5 Å². The maximum absolute atomic E-state index is 4.39. The Bertz CT molecular complexity index is 11.6. The van der Waals surface area contributed by atoms with Gasteiger partial charge in [0.15, 0.2) is 0 Å². The van der Waals surface area contributed by atoms with E-state index in [2.05, 4.69) is 3.79 Å². The van der Waals surface area contributed by atoms with Crippen molar-refractivity contribution >= 4 is 16.6 Å². The van der Waals surface area contributed by atoms with Crippen LogP contribution in [-0.2, 0) is 3.79 Å². The molecular formula is CH6AlLiO. The summed E-state index contributed by atoms with van der Waals surface area (Å²) < 4.78 is 4.39. The van der Waals surface area contributed by atoms with Crippen LogP contribution in [-0.4, -0.2) is 23.7 Å². The largest absolute Gasteiger partial charge is 1.00 e. The standard InChI is InChI=1S/CH3O.Al.Li.3H/c1-2;;;;;/h1H3;;;;;/q-1;2*+1;;;-1. The molecule has 0 rings (SSSR count). The molecule has 1 nitrogen and oxygen atoms in total. The van der Waals surface area contributed by atoms with E-state index in [0.717, 1.165) is 16.6 Å². The second-order valence-electron chi connectivity index (χ2n) is 0.408. The fraction of sp³-hybridized carbons (Fsp3) is 1.00. The minimum Gasteiger partial charge on any atom is -1.00 e. The molecule has 0 N–H and O–H groups in total. The van der Waals surface area contributed by atoms with Crippen LogP contribution in [0.1, 0.15) is 1.43 Å². The molecule has 4 heavy (non-hydrogen) atoms. The first-order chi connectivity index (χ1) is 1.41. The first-order valence-corrected chi connectivity index (χ1v) is 1.63. The van der Waals surface area contributed by atoms with Crippen molar-refractivity contribution in [3.05, 3.63) is 0 Å². The van der Waals surface area contributed by atoms with E-state index >= 15 is 0 Å². The Balaban J connectivity index is -0.0000000200. The van der Waals surface area contributed by atoms with Gasteiger partial charge in [-0.2, -0.15) is 0 Å². The minimum atomic E-state index is 0. The van der Waals surface area contributed by atoms with Crippen LogP contribution >= 0.6 is 0 Å². The molecule has 0 aliphatic rings. The molecule has 0 aromatic carbocycles. The Hall–Kier alpha value is 1.09. The number of rotatable bonds is 0. The summed E-state index contributed by atoms with van der Waals surface area (Å²) in [5, 5.41) is 0. The zero-order chi connectivity index (χ0) is 2.71. The zero-order valence-corrected chi connectivity index (χ0v) is 5.41. The fourth-order valence-electron chi connectivity index (χ4n) is 0. The first kappa shape index (κ1) is 8.92. The van der Waals surface area contributed by atoms with Crippen LogP contribution in [0, 0.1) is 0 Å². The molecule has 0 saturated heterocycles. The maximum atomic E-state index is 4.39. The Morgan fingerprint density at radius 2 is 2.00 bits per heavy atom. The Labute approximate surface area is 48.1 Å². The van der Waals surface area contributed by atoms with E-state index in [-0.39, 0.29) is 20.3 Å². The number of hydrogen-bond acceptors (Lipinski definition) is 1. The normalized spacial score (nSPS) is 4.25. The Morgan fingerprint density at radius 1 is 2.00 bits per heavy atom. The summed E-state index contributed by atoms with van der Waals surface area (Å²) in [6, 6.07) is 0. The molecular weight excluding hydrogens is 61.9 g/mol. The smallest absolute Gasteiger partial charge is 1.00 e. The molecule has 0 spiro atoms. The monoisotopic (exact) mass is 68.0 g/mol. The van der Waals surface area contributed by atoms with E-state index < -0.39 is 0 Å². The van der Waals surface area contributed by atoms with Gasteiger partial charge in [0, 0.05) is 7.11 Å². The van der Waals surface area contributed by atoms with Crippen molar-refractivity contribution < 1.29 is 24.1 Å². The maximum Gasteiger partial charge on any atom is 1.00 e. The van der Waals surface area contributed by atoms with E-state index in [4.69, 9.17) is 0 Å². The van der Waals surface area contributed by atoms with Crippen LogP contribution in [0.15, 0.2) is 0 Å². The number of hydrogen-bond donors (Lipinski definition) is 0. The van der Waals surface area contributed by atoms with Gasteiger partial charge < -0.3 is 5.22 Å². The van der Waals surface area contributed by atoms with Crippen molar-refractivity contribution in [2.75, 3.05) is 7.11 Å². The molecule has 0 aromatic rings. The summed E-state index contributed by atoms with van der Waals surface area (Å²) in [6.07, 6.45) is 0. The topological polar surface area (TPSA) is 9.23 Å². The molecule has 0 saturated carbocycles. The minimum absolute atomic E-state index is 0. The van der Waals surface area contributed by atoms with Gasteiger partial charge in [0.2, 0.25) is 0 Å². The fourth-order valence-corrected chi connectivity index (χ4v) is 0. The molecule has 3 heteroatoms. The molecule has 0 aliphatic carbocycles. The average molecular weight is 68.0 g/mol. The van der Waals surface area contributed by atoms with Crippen LogP contribution in [0.3, 0.4) is 0 Å². The molecule has 0 aliphatic heterocycles.